The molecule has 134 valence electrons. The van der Waals surface area contributed by atoms with Gasteiger partial charge in [0.05, 0.1) is 6.61 Å². The molecule has 1 fully saturated rings. The highest BCUT2D eigenvalue weighted by atomic mass is 19.1. The Kier molecular flexibility index (Phi) is 6.60. The molecule has 1 atom stereocenters. The van der Waals surface area contributed by atoms with E-state index in [1.165, 1.54) is 12.1 Å². The maximum absolute atomic E-state index is 12.9. The normalized spacial score (nSPS) is 18.5. The summed E-state index contributed by atoms with van der Waals surface area (Å²) in [5.74, 6) is -0.242. The highest BCUT2D eigenvalue weighted by Gasteiger charge is 2.30. The average molecular weight is 337 g/mol. The first-order chi connectivity index (χ1) is 11.3. The van der Waals surface area contributed by atoms with Crippen molar-refractivity contribution in [2.75, 3.05) is 13.2 Å². The largest absolute Gasteiger partial charge is 0.444 e. The summed E-state index contributed by atoms with van der Waals surface area (Å²) in [6.45, 7) is 7.43. The topological polar surface area (TPSA) is 38.8 Å². The highest BCUT2D eigenvalue weighted by Crippen LogP contribution is 2.22. The maximum atomic E-state index is 12.9. The smallest absolute Gasteiger partial charge is 0.410 e. The van der Waals surface area contributed by atoms with Crippen molar-refractivity contribution in [1.82, 2.24) is 4.90 Å². The lowest BCUT2D eigenvalue weighted by Crippen LogP contribution is -2.46. The standard InChI is InChI=1S/C19H28FNO3/c1-19(2,3)24-18(22)21-12-5-4-6-17(21)11-13-23-14-15-7-9-16(20)10-8-15/h7-10,17H,4-6,11-14H2,1-3H3. The van der Waals surface area contributed by atoms with Gasteiger partial charge in [0.1, 0.15) is 11.4 Å². The molecule has 24 heavy (non-hydrogen) atoms. The number of halogens is 1. The molecular formula is C19H28FNO3. The lowest BCUT2D eigenvalue weighted by atomic mass is 10.0. The second-order valence-electron chi connectivity index (χ2n) is 7.29. The van der Waals surface area contributed by atoms with E-state index in [-0.39, 0.29) is 18.0 Å². The van der Waals surface area contributed by atoms with Crippen molar-refractivity contribution < 1.29 is 18.7 Å². The lowest BCUT2D eigenvalue weighted by molar-refractivity contribution is 0.00379. The van der Waals surface area contributed by atoms with E-state index in [9.17, 15) is 9.18 Å². The molecule has 1 amide bonds. The summed E-state index contributed by atoms with van der Waals surface area (Å²) in [4.78, 5) is 14.2. The molecule has 1 saturated heterocycles. The van der Waals surface area contributed by atoms with E-state index >= 15 is 0 Å². The highest BCUT2D eigenvalue weighted by molar-refractivity contribution is 5.68. The number of hydrogen-bond acceptors (Lipinski definition) is 3. The third-order valence-electron chi connectivity index (χ3n) is 4.03. The van der Waals surface area contributed by atoms with Gasteiger partial charge >= 0.3 is 6.09 Å². The van der Waals surface area contributed by atoms with Crippen molar-refractivity contribution in [3.05, 3.63) is 35.6 Å². The van der Waals surface area contributed by atoms with E-state index < -0.39 is 5.60 Å². The van der Waals surface area contributed by atoms with Crippen molar-refractivity contribution in [3.63, 3.8) is 0 Å². The summed E-state index contributed by atoms with van der Waals surface area (Å²) in [6.07, 6.45) is 3.69. The Labute approximate surface area is 143 Å². The van der Waals surface area contributed by atoms with Gasteiger partial charge in [-0.1, -0.05) is 12.1 Å². The number of hydrogen-bond donors (Lipinski definition) is 0. The van der Waals surface area contributed by atoms with Gasteiger partial charge in [0, 0.05) is 19.2 Å². The first-order valence-corrected chi connectivity index (χ1v) is 8.67. The molecule has 1 aromatic carbocycles. The number of ether oxygens (including phenoxy) is 2. The van der Waals surface area contributed by atoms with Gasteiger partial charge < -0.3 is 14.4 Å². The van der Waals surface area contributed by atoms with Gasteiger partial charge in [-0.05, 0) is 64.2 Å². The fraction of sp³-hybridized carbons (Fsp3) is 0.632. The summed E-state index contributed by atoms with van der Waals surface area (Å²) in [5, 5.41) is 0. The minimum atomic E-state index is -0.474. The zero-order chi connectivity index (χ0) is 17.6. The van der Waals surface area contributed by atoms with E-state index in [1.54, 1.807) is 12.1 Å². The summed E-state index contributed by atoms with van der Waals surface area (Å²) in [5.41, 5.74) is 0.474. The van der Waals surface area contributed by atoms with Crippen molar-refractivity contribution in [3.8, 4) is 0 Å². The molecule has 5 heteroatoms. The van der Waals surface area contributed by atoms with Crippen LogP contribution in [0.3, 0.4) is 0 Å². The molecule has 1 aromatic rings. The molecule has 1 heterocycles. The molecule has 2 rings (SSSR count). The second-order valence-corrected chi connectivity index (χ2v) is 7.29. The first-order valence-electron chi connectivity index (χ1n) is 8.67. The van der Waals surface area contributed by atoms with Crippen LogP contribution in [-0.2, 0) is 16.1 Å². The number of carbonyl (C=O) groups excluding carboxylic acids is 1. The van der Waals surface area contributed by atoms with Crippen LogP contribution in [0.15, 0.2) is 24.3 Å². The molecule has 1 aliphatic rings. The SMILES string of the molecule is CC(C)(C)OC(=O)N1CCCCC1CCOCc1ccc(F)cc1. The Morgan fingerprint density at radius 1 is 1.25 bits per heavy atom. The number of rotatable bonds is 5. The zero-order valence-electron chi connectivity index (χ0n) is 14.9. The van der Waals surface area contributed by atoms with E-state index in [0.29, 0.717) is 13.2 Å². The zero-order valence-corrected chi connectivity index (χ0v) is 14.9. The van der Waals surface area contributed by atoms with Crippen LogP contribution in [0.25, 0.3) is 0 Å². The van der Waals surface area contributed by atoms with Crippen LogP contribution in [0.4, 0.5) is 9.18 Å². The summed E-state index contributed by atoms with van der Waals surface area (Å²) < 4.78 is 24.1. The number of likely N-dealkylation sites (tertiary alicyclic amines) is 1. The fourth-order valence-electron chi connectivity index (χ4n) is 2.85. The van der Waals surface area contributed by atoms with Crippen molar-refractivity contribution in [2.24, 2.45) is 0 Å². The Hall–Kier alpha value is -1.62. The molecule has 0 spiro atoms. The Bertz CT molecular complexity index is 524. The maximum Gasteiger partial charge on any atom is 0.410 e. The monoisotopic (exact) mass is 337 g/mol. The summed E-state index contributed by atoms with van der Waals surface area (Å²) in [6, 6.07) is 6.49. The van der Waals surface area contributed by atoms with E-state index in [0.717, 1.165) is 37.8 Å². The van der Waals surface area contributed by atoms with Crippen LogP contribution >= 0.6 is 0 Å². The number of benzene rings is 1. The van der Waals surface area contributed by atoms with E-state index in [2.05, 4.69) is 0 Å². The van der Waals surface area contributed by atoms with Crippen molar-refractivity contribution in [1.29, 1.82) is 0 Å². The molecule has 1 aliphatic heterocycles. The van der Waals surface area contributed by atoms with E-state index in [1.807, 2.05) is 25.7 Å². The molecule has 0 aliphatic carbocycles. The fourth-order valence-corrected chi connectivity index (χ4v) is 2.85. The molecule has 0 bridgehead atoms. The average Bonchev–Trinajstić information content (AvgIpc) is 2.52. The minimum absolute atomic E-state index is 0.168. The van der Waals surface area contributed by atoms with Crippen molar-refractivity contribution >= 4 is 6.09 Å². The van der Waals surface area contributed by atoms with E-state index in [4.69, 9.17) is 9.47 Å². The van der Waals surface area contributed by atoms with Gasteiger partial charge in [0.15, 0.2) is 0 Å². The molecule has 4 nitrogen and oxygen atoms in total. The molecule has 1 unspecified atom stereocenters. The van der Waals surface area contributed by atoms with Gasteiger partial charge in [-0.2, -0.15) is 0 Å². The van der Waals surface area contributed by atoms with Crippen LogP contribution < -0.4 is 0 Å². The van der Waals surface area contributed by atoms with Crippen LogP contribution in [0.2, 0.25) is 0 Å². The number of nitrogens with zero attached hydrogens (tertiary/aromatic N) is 1. The number of carbonyl (C=O) groups is 1. The van der Waals surface area contributed by atoms with Crippen LogP contribution in [0, 0.1) is 5.82 Å². The van der Waals surface area contributed by atoms with Crippen LogP contribution in [0.5, 0.6) is 0 Å². The molecule has 0 N–H and O–H groups in total. The number of piperidine rings is 1. The van der Waals surface area contributed by atoms with Gasteiger partial charge in [0.25, 0.3) is 0 Å². The third kappa shape index (κ3) is 6.11. The predicted molar refractivity (Wildman–Crippen MR) is 91.3 cm³/mol. The summed E-state index contributed by atoms with van der Waals surface area (Å²) >= 11 is 0. The lowest BCUT2D eigenvalue weighted by Gasteiger charge is -2.36. The van der Waals surface area contributed by atoms with Gasteiger partial charge in [0.2, 0.25) is 0 Å². The minimum Gasteiger partial charge on any atom is -0.444 e. The number of amides is 1. The van der Waals surface area contributed by atoms with Gasteiger partial charge in [-0.15, -0.1) is 0 Å². The molecular weight excluding hydrogens is 309 g/mol. The molecule has 0 saturated carbocycles. The van der Waals surface area contributed by atoms with Gasteiger partial charge in [-0.3, -0.25) is 0 Å². The Balaban J connectivity index is 1.78. The van der Waals surface area contributed by atoms with Crippen LogP contribution in [0.1, 0.15) is 52.0 Å². The Morgan fingerprint density at radius 2 is 1.96 bits per heavy atom. The predicted octanol–water partition coefficient (Wildman–Crippen LogP) is 4.52. The second kappa shape index (κ2) is 8.47. The first kappa shape index (κ1) is 18.7. The van der Waals surface area contributed by atoms with Crippen molar-refractivity contribution in [2.45, 2.75) is 64.7 Å². The summed E-state index contributed by atoms with van der Waals surface area (Å²) in [7, 11) is 0. The van der Waals surface area contributed by atoms with Crippen LogP contribution in [-0.4, -0.2) is 35.8 Å². The third-order valence-corrected chi connectivity index (χ3v) is 4.03. The van der Waals surface area contributed by atoms with Gasteiger partial charge in [-0.25, -0.2) is 9.18 Å². The quantitative estimate of drug-likeness (QED) is 0.741. The molecule has 0 aromatic heterocycles. The Morgan fingerprint density at radius 3 is 2.62 bits per heavy atom. The molecule has 0 radical (unpaired) electrons.